The summed E-state index contributed by atoms with van der Waals surface area (Å²) in [6, 6.07) is 5.32. The average Bonchev–Trinajstić information content (AvgIpc) is 2.40. The van der Waals surface area contributed by atoms with Gasteiger partial charge in [0.05, 0.1) is 6.61 Å². The average molecular weight is 253 g/mol. The van der Waals surface area contributed by atoms with Gasteiger partial charge in [0.15, 0.2) is 11.6 Å². The Morgan fingerprint density at radius 1 is 1.28 bits per heavy atom. The van der Waals surface area contributed by atoms with Gasteiger partial charge in [-0.3, -0.25) is 0 Å². The lowest BCUT2D eigenvalue weighted by Crippen LogP contribution is -2.13. The highest BCUT2D eigenvalue weighted by atomic mass is 19.1. The Bertz CT molecular complexity index is 364. The van der Waals surface area contributed by atoms with Crippen LogP contribution >= 0.6 is 0 Å². The van der Waals surface area contributed by atoms with Crippen LogP contribution in [0.1, 0.15) is 45.2 Å². The number of ether oxygens (including phenoxy) is 1. The SMILES string of the molecule is CCC(CC)COc1ccc(C(C)NC)cc1F. The van der Waals surface area contributed by atoms with Crippen LogP contribution in [0, 0.1) is 11.7 Å². The topological polar surface area (TPSA) is 21.3 Å². The third-order valence-electron chi connectivity index (χ3n) is 3.52. The summed E-state index contributed by atoms with van der Waals surface area (Å²) in [5.74, 6) is 0.579. The van der Waals surface area contributed by atoms with Crippen LogP contribution in [-0.2, 0) is 0 Å². The van der Waals surface area contributed by atoms with E-state index in [2.05, 4.69) is 19.2 Å². The summed E-state index contributed by atoms with van der Waals surface area (Å²) in [7, 11) is 1.86. The van der Waals surface area contributed by atoms with Crippen molar-refractivity contribution in [3.63, 3.8) is 0 Å². The molecular formula is C15H24FNO. The van der Waals surface area contributed by atoms with Crippen LogP contribution in [0.4, 0.5) is 4.39 Å². The second-order valence-corrected chi connectivity index (χ2v) is 4.69. The molecule has 0 fully saturated rings. The minimum absolute atomic E-state index is 0.146. The molecule has 0 aliphatic heterocycles. The quantitative estimate of drug-likeness (QED) is 0.795. The number of hydrogen-bond donors (Lipinski definition) is 1. The molecule has 1 unspecified atom stereocenters. The number of benzene rings is 1. The van der Waals surface area contributed by atoms with Gasteiger partial charge in [0, 0.05) is 6.04 Å². The van der Waals surface area contributed by atoms with Gasteiger partial charge in [-0.25, -0.2) is 4.39 Å². The minimum atomic E-state index is -0.277. The zero-order chi connectivity index (χ0) is 13.5. The number of halogens is 1. The third-order valence-corrected chi connectivity index (χ3v) is 3.52. The van der Waals surface area contributed by atoms with Crippen molar-refractivity contribution in [3.05, 3.63) is 29.6 Å². The van der Waals surface area contributed by atoms with Crippen LogP contribution in [0.2, 0.25) is 0 Å². The summed E-state index contributed by atoms with van der Waals surface area (Å²) in [5, 5.41) is 3.09. The highest BCUT2D eigenvalue weighted by molar-refractivity contribution is 5.30. The van der Waals surface area contributed by atoms with E-state index in [1.807, 2.05) is 20.0 Å². The first-order valence-electron chi connectivity index (χ1n) is 6.71. The summed E-state index contributed by atoms with van der Waals surface area (Å²) >= 11 is 0. The largest absolute Gasteiger partial charge is 0.490 e. The van der Waals surface area contributed by atoms with E-state index >= 15 is 0 Å². The van der Waals surface area contributed by atoms with Crippen LogP contribution in [0.15, 0.2) is 18.2 Å². The highest BCUT2D eigenvalue weighted by Crippen LogP contribution is 2.23. The van der Waals surface area contributed by atoms with E-state index < -0.39 is 0 Å². The molecule has 102 valence electrons. The van der Waals surface area contributed by atoms with E-state index in [1.54, 1.807) is 12.1 Å². The smallest absolute Gasteiger partial charge is 0.165 e. The standard InChI is InChI=1S/C15H24FNO/c1-5-12(6-2)10-18-15-8-7-13(9-14(15)16)11(3)17-4/h7-9,11-12,17H,5-6,10H2,1-4H3. The van der Waals surface area contributed by atoms with Gasteiger partial charge in [-0.15, -0.1) is 0 Å². The number of rotatable bonds is 7. The van der Waals surface area contributed by atoms with Crippen LogP contribution in [0.5, 0.6) is 5.75 Å². The van der Waals surface area contributed by atoms with E-state index in [0.717, 1.165) is 18.4 Å². The molecule has 2 nitrogen and oxygen atoms in total. The Morgan fingerprint density at radius 3 is 2.44 bits per heavy atom. The molecule has 0 aliphatic rings. The van der Waals surface area contributed by atoms with E-state index in [-0.39, 0.29) is 11.9 Å². The first-order valence-corrected chi connectivity index (χ1v) is 6.71. The molecule has 0 bridgehead atoms. The molecule has 0 radical (unpaired) electrons. The van der Waals surface area contributed by atoms with Gasteiger partial charge in [-0.05, 0) is 37.6 Å². The first-order chi connectivity index (χ1) is 8.62. The van der Waals surface area contributed by atoms with E-state index in [9.17, 15) is 4.39 Å². The van der Waals surface area contributed by atoms with Gasteiger partial charge in [0.2, 0.25) is 0 Å². The Kier molecular flexibility index (Phi) is 6.13. The van der Waals surface area contributed by atoms with Gasteiger partial charge < -0.3 is 10.1 Å². The van der Waals surface area contributed by atoms with E-state index in [0.29, 0.717) is 18.3 Å². The second-order valence-electron chi connectivity index (χ2n) is 4.69. The van der Waals surface area contributed by atoms with Crippen molar-refractivity contribution < 1.29 is 9.13 Å². The lowest BCUT2D eigenvalue weighted by molar-refractivity contribution is 0.231. The van der Waals surface area contributed by atoms with Crippen molar-refractivity contribution in [2.75, 3.05) is 13.7 Å². The van der Waals surface area contributed by atoms with Crippen LogP contribution in [0.25, 0.3) is 0 Å². The molecule has 1 N–H and O–H groups in total. The second kappa shape index (κ2) is 7.37. The van der Waals surface area contributed by atoms with Gasteiger partial charge in [-0.1, -0.05) is 32.8 Å². The molecule has 0 amide bonds. The van der Waals surface area contributed by atoms with Gasteiger partial charge in [0.25, 0.3) is 0 Å². The van der Waals surface area contributed by atoms with Crippen LogP contribution in [-0.4, -0.2) is 13.7 Å². The zero-order valence-electron chi connectivity index (χ0n) is 11.8. The summed E-state index contributed by atoms with van der Waals surface area (Å²) in [5.41, 5.74) is 0.935. The molecular weight excluding hydrogens is 229 g/mol. The Morgan fingerprint density at radius 2 is 1.94 bits per heavy atom. The maximum absolute atomic E-state index is 13.9. The van der Waals surface area contributed by atoms with Crippen molar-refractivity contribution in [3.8, 4) is 5.75 Å². The molecule has 1 rings (SSSR count). The molecule has 0 aliphatic carbocycles. The Balaban J connectivity index is 2.68. The maximum Gasteiger partial charge on any atom is 0.165 e. The summed E-state index contributed by atoms with van der Waals surface area (Å²) < 4.78 is 19.4. The minimum Gasteiger partial charge on any atom is -0.490 e. The van der Waals surface area contributed by atoms with E-state index in [4.69, 9.17) is 4.74 Å². The lowest BCUT2D eigenvalue weighted by Gasteiger charge is -2.16. The van der Waals surface area contributed by atoms with Gasteiger partial charge in [-0.2, -0.15) is 0 Å². The van der Waals surface area contributed by atoms with E-state index in [1.165, 1.54) is 0 Å². The monoisotopic (exact) mass is 253 g/mol. The van der Waals surface area contributed by atoms with Crippen molar-refractivity contribution in [2.45, 2.75) is 39.7 Å². The van der Waals surface area contributed by atoms with Crippen molar-refractivity contribution >= 4 is 0 Å². The molecule has 0 spiro atoms. The lowest BCUT2D eigenvalue weighted by atomic mass is 10.1. The van der Waals surface area contributed by atoms with Crippen LogP contribution < -0.4 is 10.1 Å². The van der Waals surface area contributed by atoms with Crippen molar-refractivity contribution in [2.24, 2.45) is 5.92 Å². The zero-order valence-corrected chi connectivity index (χ0v) is 11.8. The highest BCUT2D eigenvalue weighted by Gasteiger charge is 2.10. The fourth-order valence-corrected chi connectivity index (χ4v) is 1.80. The predicted octanol–water partition coefficient (Wildman–Crippen LogP) is 3.92. The Labute approximate surface area is 110 Å². The fraction of sp³-hybridized carbons (Fsp3) is 0.600. The molecule has 1 atom stereocenters. The molecule has 1 aromatic carbocycles. The third kappa shape index (κ3) is 3.98. The molecule has 0 saturated carbocycles. The van der Waals surface area contributed by atoms with Crippen molar-refractivity contribution in [1.29, 1.82) is 0 Å². The van der Waals surface area contributed by atoms with Gasteiger partial charge in [0.1, 0.15) is 0 Å². The summed E-state index contributed by atoms with van der Waals surface area (Å²) in [6.07, 6.45) is 2.12. The fourth-order valence-electron chi connectivity index (χ4n) is 1.80. The molecule has 3 heteroatoms. The normalized spacial score (nSPS) is 12.8. The molecule has 0 heterocycles. The molecule has 0 saturated heterocycles. The summed E-state index contributed by atoms with van der Waals surface area (Å²) in [6.45, 7) is 6.85. The molecule has 18 heavy (non-hydrogen) atoms. The maximum atomic E-state index is 13.9. The van der Waals surface area contributed by atoms with Gasteiger partial charge >= 0.3 is 0 Å². The first kappa shape index (κ1) is 15.0. The van der Waals surface area contributed by atoms with Crippen molar-refractivity contribution in [1.82, 2.24) is 5.32 Å². The number of hydrogen-bond acceptors (Lipinski definition) is 2. The predicted molar refractivity (Wildman–Crippen MR) is 73.4 cm³/mol. The van der Waals surface area contributed by atoms with Crippen LogP contribution in [0.3, 0.4) is 0 Å². The number of nitrogens with one attached hydrogen (secondary N) is 1. The summed E-state index contributed by atoms with van der Waals surface area (Å²) in [4.78, 5) is 0. The molecule has 1 aromatic rings. The molecule has 0 aromatic heterocycles. The Hall–Kier alpha value is -1.09.